The first kappa shape index (κ1) is 12.8. The Balaban J connectivity index is 2.97. The summed E-state index contributed by atoms with van der Waals surface area (Å²) in [5, 5.41) is 0. The third-order valence-electron chi connectivity index (χ3n) is 2.88. The van der Waals surface area contributed by atoms with Crippen LogP contribution in [0, 0.1) is 5.92 Å². The lowest BCUT2D eigenvalue weighted by Gasteiger charge is -2.14. The Bertz CT molecular complexity index is 352. The molecule has 0 saturated carbocycles. The van der Waals surface area contributed by atoms with Gasteiger partial charge in [0, 0.05) is 0 Å². The number of allylic oxidation sites excluding steroid dienone is 1. The summed E-state index contributed by atoms with van der Waals surface area (Å²) >= 11 is 0. The molecule has 0 heterocycles. The molecular formula is C15H22O. The van der Waals surface area contributed by atoms with Crippen LogP contribution >= 0.6 is 0 Å². The van der Waals surface area contributed by atoms with Crippen LogP contribution in [0.25, 0.3) is 0 Å². The van der Waals surface area contributed by atoms with E-state index in [1.165, 1.54) is 11.1 Å². The summed E-state index contributed by atoms with van der Waals surface area (Å²) in [7, 11) is 1.73. The lowest BCUT2D eigenvalue weighted by molar-refractivity contribution is 0.407. The monoisotopic (exact) mass is 218 g/mol. The molecule has 0 amide bonds. The van der Waals surface area contributed by atoms with Gasteiger partial charge in [0.1, 0.15) is 5.75 Å². The van der Waals surface area contributed by atoms with Crippen LogP contribution in [0.1, 0.15) is 37.8 Å². The van der Waals surface area contributed by atoms with Crippen LogP contribution in [-0.2, 0) is 6.42 Å². The first-order valence-corrected chi connectivity index (χ1v) is 5.87. The van der Waals surface area contributed by atoms with Crippen LogP contribution in [0.3, 0.4) is 0 Å². The van der Waals surface area contributed by atoms with Gasteiger partial charge in [0.05, 0.1) is 7.11 Å². The minimum Gasteiger partial charge on any atom is -0.496 e. The third kappa shape index (κ3) is 3.13. The number of hydrogen-bond acceptors (Lipinski definition) is 1. The first-order chi connectivity index (χ1) is 7.58. The van der Waals surface area contributed by atoms with Gasteiger partial charge in [0.15, 0.2) is 0 Å². The molecule has 0 aliphatic rings. The molecule has 1 atom stereocenters. The van der Waals surface area contributed by atoms with Crippen molar-refractivity contribution in [3.05, 3.63) is 42.0 Å². The molecule has 0 radical (unpaired) electrons. The van der Waals surface area contributed by atoms with Crippen molar-refractivity contribution in [2.45, 2.75) is 33.1 Å². The Labute approximate surface area is 99.1 Å². The lowest BCUT2D eigenvalue weighted by Crippen LogP contribution is -1.99. The van der Waals surface area contributed by atoms with Crippen molar-refractivity contribution in [2.75, 3.05) is 7.11 Å². The highest BCUT2D eigenvalue weighted by molar-refractivity contribution is 5.39. The number of methoxy groups -OCH3 is 1. The Kier molecular flexibility index (Phi) is 4.60. The van der Waals surface area contributed by atoms with Crippen LogP contribution in [0.15, 0.2) is 30.9 Å². The van der Waals surface area contributed by atoms with Gasteiger partial charge in [-0.3, -0.25) is 0 Å². The maximum atomic E-state index is 5.37. The Morgan fingerprint density at radius 1 is 1.31 bits per heavy atom. The molecule has 1 nitrogen and oxygen atoms in total. The van der Waals surface area contributed by atoms with Crippen LogP contribution in [0.4, 0.5) is 0 Å². The van der Waals surface area contributed by atoms with Crippen LogP contribution in [-0.4, -0.2) is 7.11 Å². The highest BCUT2D eigenvalue weighted by atomic mass is 16.5. The summed E-state index contributed by atoms with van der Waals surface area (Å²) < 4.78 is 5.37. The van der Waals surface area contributed by atoms with E-state index < -0.39 is 0 Å². The van der Waals surface area contributed by atoms with E-state index in [0.717, 1.165) is 12.2 Å². The Morgan fingerprint density at radius 3 is 2.50 bits per heavy atom. The molecule has 16 heavy (non-hydrogen) atoms. The topological polar surface area (TPSA) is 9.23 Å². The van der Waals surface area contributed by atoms with Crippen LogP contribution in [0.5, 0.6) is 5.75 Å². The van der Waals surface area contributed by atoms with E-state index in [2.05, 4.69) is 45.5 Å². The SMILES string of the molecule is C=CC(C)Cc1ccc(OC)c(C(C)C)c1. The molecule has 1 heteroatoms. The summed E-state index contributed by atoms with van der Waals surface area (Å²) in [6.07, 6.45) is 3.05. The number of benzene rings is 1. The van der Waals surface area contributed by atoms with E-state index in [-0.39, 0.29) is 0 Å². The molecule has 88 valence electrons. The Morgan fingerprint density at radius 2 is 2.00 bits per heavy atom. The number of hydrogen-bond donors (Lipinski definition) is 0. The predicted molar refractivity (Wildman–Crippen MR) is 70.1 cm³/mol. The quantitative estimate of drug-likeness (QED) is 0.673. The Hall–Kier alpha value is -1.24. The molecule has 0 aliphatic carbocycles. The van der Waals surface area contributed by atoms with E-state index in [4.69, 9.17) is 4.74 Å². The van der Waals surface area contributed by atoms with Crippen LogP contribution in [0.2, 0.25) is 0 Å². The number of rotatable bonds is 5. The predicted octanol–water partition coefficient (Wildman–Crippen LogP) is 4.18. The molecule has 1 aromatic rings. The fourth-order valence-corrected chi connectivity index (χ4v) is 1.82. The van der Waals surface area contributed by atoms with Gasteiger partial charge in [-0.2, -0.15) is 0 Å². The first-order valence-electron chi connectivity index (χ1n) is 5.87. The molecule has 1 unspecified atom stereocenters. The van der Waals surface area contributed by atoms with Crippen LogP contribution < -0.4 is 4.74 Å². The second-order valence-corrected chi connectivity index (χ2v) is 4.65. The van der Waals surface area contributed by atoms with Gasteiger partial charge in [-0.1, -0.05) is 39.0 Å². The van der Waals surface area contributed by atoms with Gasteiger partial charge in [0.25, 0.3) is 0 Å². The van der Waals surface area contributed by atoms with Gasteiger partial charge in [0.2, 0.25) is 0 Å². The minimum absolute atomic E-state index is 0.494. The standard InChI is InChI=1S/C15H22O/c1-6-12(4)9-13-7-8-15(16-5)14(10-13)11(2)3/h6-8,10-12H,1,9H2,2-5H3. The highest BCUT2D eigenvalue weighted by Gasteiger charge is 2.09. The lowest BCUT2D eigenvalue weighted by atomic mass is 9.95. The zero-order valence-corrected chi connectivity index (χ0v) is 10.8. The maximum Gasteiger partial charge on any atom is 0.122 e. The van der Waals surface area contributed by atoms with Gasteiger partial charge in [-0.05, 0) is 35.4 Å². The minimum atomic E-state index is 0.494. The molecule has 0 N–H and O–H groups in total. The molecule has 0 saturated heterocycles. The molecule has 0 bridgehead atoms. The van der Waals surface area contributed by atoms with E-state index >= 15 is 0 Å². The fraction of sp³-hybridized carbons (Fsp3) is 0.467. The van der Waals surface area contributed by atoms with E-state index in [0.29, 0.717) is 11.8 Å². The molecule has 0 aromatic heterocycles. The molecule has 0 fully saturated rings. The smallest absolute Gasteiger partial charge is 0.122 e. The summed E-state index contributed by atoms with van der Waals surface area (Å²) in [5.41, 5.74) is 2.65. The van der Waals surface area contributed by atoms with Crippen molar-refractivity contribution < 1.29 is 4.74 Å². The van der Waals surface area contributed by atoms with Crippen molar-refractivity contribution >= 4 is 0 Å². The number of ether oxygens (including phenoxy) is 1. The van der Waals surface area contributed by atoms with Crippen molar-refractivity contribution in [2.24, 2.45) is 5.92 Å². The zero-order valence-electron chi connectivity index (χ0n) is 10.8. The second-order valence-electron chi connectivity index (χ2n) is 4.65. The molecular weight excluding hydrogens is 196 g/mol. The van der Waals surface area contributed by atoms with Crippen molar-refractivity contribution in [3.8, 4) is 5.75 Å². The van der Waals surface area contributed by atoms with Gasteiger partial charge >= 0.3 is 0 Å². The van der Waals surface area contributed by atoms with Gasteiger partial charge in [-0.25, -0.2) is 0 Å². The van der Waals surface area contributed by atoms with E-state index in [9.17, 15) is 0 Å². The maximum absolute atomic E-state index is 5.37. The summed E-state index contributed by atoms with van der Waals surface area (Å²) in [6, 6.07) is 6.47. The van der Waals surface area contributed by atoms with Gasteiger partial charge < -0.3 is 4.74 Å². The van der Waals surface area contributed by atoms with Crippen molar-refractivity contribution in [1.29, 1.82) is 0 Å². The highest BCUT2D eigenvalue weighted by Crippen LogP contribution is 2.28. The van der Waals surface area contributed by atoms with Crippen molar-refractivity contribution in [1.82, 2.24) is 0 Å². The normalized spacial score (nSPS) is 12.6. The molecule has 0 aliphatic heterocycles. The van der Waals surface area contributed by atoms with Crippen molar-refractivity contribution in [3.63, 3.8) is 0 Å². The van der Waals surface area contributed by atoms with E-state index in [1.807, 2.05) is 6.08 Å². The zero-order chi connectivity index (χ0) is 12.1. The summed E-state index contributed by atoms with van der Waals surface area (Å²) in [4.78, 5) is 0. The summed E-state index contributed by atoms with van der Waals surface area (Å²) in [6.45, 7) is 10.4. The summed E-state index contributed by atoms with van der Waals surface area (Å²) in [5.74, 6) is 2.01. The average molecular weight is 218 g/mol. The fourth-order valence-electron chi connectivity index (χ4n) is 1.82. The third-order valence-corrected chi connectivity index (χ3v) is 2.88. The molecule has 1 rings (SSSR count). The largest absolute Gasteiger partial charge is 0.496 e. The van der Waals surface area contributed by atoms with E-state index in [1.54, 1.807) is 7.11 Å². The average Bonchev–Trinajstić information content (AvgIpc) is 2.28. The molecule has 1 aromatic carbocycles. The van der Waals surface area contributed by atoms with Gasteiger partial charge in [-0.15, -0.1) is 6.58 Å². The second kappa shape index (κ2) is 5.74. The molecule has 0 spiro atoms.